The zero-order valence-electron chi connectivity index (χ0n) is 10.2. The Hall–Kier alpha value is -0.570. The molecule has 1 amide bonds. The molecular weight excluding hydrogens is 200 g/mol. The van der Waals surface area contributed by atoms with E-state index in [2.05, 4.69) is 12.2 Å². The number of hydrogen-bond acceptors (Lipinski definition) is 2. The van der Waals surface area contributed by atoms with Gasteiger partial charge in [0.2, 0.25) is 5.91 Å². The maximum atomic E-state index is 12.0. The van der Waals surface area contributed by atoms with E-state index < -0.39 is 0 Å². The van der Waals surface area contributed by atoms with Crippen LogP contribution in [0.2, 0.25) is 0 Å². The minimum atomic E-state index is 0.236. The third-order valence-electron chi connectivity index (χ3n) is 4.41. The van der Waals surface area contributed by atoms with Crippen molar-refractivity contribution in [2.45, 2.75) is 51.5 Å². The van der Waals surface area contributed by atoms with Gasteiger partial charge in [0.25, 0.3) is 0 Å². The first-order valence-corrected chi connectivity index (χ1v) is 6.74. The highest BCUT2D eigenvalue weighted by Crippen LogP contribution is 2.48. The third-order valence-corrected chi connectivity index (χ3v) is 4.41. The molecule has 0 aromatic rings. The number of amides is 1. The van der Waals surface area contributed by atoms with E-state index in [1.165, 1.54) is 19.3 Å². The molecule has 0 spiro atoms. The fourth-order valence-electron chi connectivity index (χ4n) is 3.28. The van der Waals surface area contributed by atoms with Crippen molar-refractivity contribution in [1.82, 2.24) is 5.32 Å². The van der Waals surface area contributed by atoms with E-state index in [4.69, 9.17) is 5.73 Å². The van der Waals surface area contributed by atoms with Gasteiger partial charge in [0.15, 0.2) is 0 Å². The number of nitrogens with two attached hydrogens (primary N) is 1. The summed E-state index contributed by atoms with van der Waals surface area (Å²) in [4.78, 5) is 12.0. The monoisotopic (exact) mass is 224 g/mol. The molecule has 0 aromatic heterocycles. The summed E-state index contributed by atoms with van der Waals surface area (Å²) in [6.07, 6.45) is 6.96. The molecule has 4 unspecified atom stereocenters. The van der Waals surface area contributed by atoms with Crippen LogP contribution in [0.15, 0.2) is 0 Å². The summed E-state index contributed by atoms with van der Waals surface area (Å²) >= 11 is 0. The maximum absolute atomic E-state index is 12.0. The molecule has 2 aliphatic carbocycles. The van der Waals surface area contributed by atoms with Gasteiger partial charge in [-0.3, -0.25) is 4.79 Å². The summed E-state index contributed by atoms with van der Waals surface area (Å²) < 4.78 is 0. The lowest BCUT2D eigenvalue weighted by molar-refractivity contribution is -0.126. The zero-order chi connectivity index (χ0) is 11.5. The Balaban J connectivity index is 1.68. The second kappa shape index (κ2) is 5.17. The van der Waals surface area contributed by atoms with E-state index in [9.17, 15) is 4.79 Å². The van der Waals surface area contributed by atoms with Crippen LogP contribution >= 0.6 is 0 Å². The number of hydrogen-bond donors (Lipinski definition) is 2. The van der Waals surface area contributed by atoms with E-state index in [1.807, 2.05) is 0 Å². The first-order valence-electron chi connectivity index (χ1n) is 6.74. The van der Waals surface area contributed by atoms with Gasteiger partial charge in [-0.2, -0.15) is 0 Å². The van der Waals surface area contributed by atoms with Crippen LogP contribution in [0.1, 0.15) is 45.4 Å². The Labute approximate surface area is 98.2 Å². The highest BCUT2D eigenvalue weighted by Gasteiger charge is 2.42. The van der Waals surface area contributed by atoms with E-state index in [0.717, 1.165) is 31.7 Å². The highest BCUT2D eigenvalue weighted by atomic mass is 16.1. The van der Waals surface area contributed by atoms with Crippen LogP contribution in [-0.2, 0) is 4.79 Å². The highest BCUT2D eigenvalue weighted by molar-refractivity contribution is 5.79. The normalized spacial score (nSPS) is 34.0. The molecule has 3 heteroatoms. The van der Waals surface area contributed by atoms with E-state index in [1.54, 1.807) is 0 Å². The van der Waals surface area contributed by atoms with Crippen molar-refractivity contribution in [3.8, 4) is 0 Å². The third kappa shape index (κ3) is 2.57. The molecule has 2 saturated carbocycles. The van der Waals surface area contributed by atoms with Gasteiger partial charge in [0, 0.05) is 18.5 Å². The van der Waals surface area contributed by atoms with Crippen LogP contribution in [0.5, 0.6) is 0 Å². The molecule has 2 fully saturated rings. The van der Waals surface area contributed by atoms with Crippen molar-refractivity contribution in [3.05, 3.63) is 0 Å². The fourth-order valence-corrected chi connectivity index (χ4v) is 3.28. The Kier molecular flexibility index (Phi) is 3.85. The molecule has 0 aliphatic heterocycles. The molecule has 0 heterocycles. The molecule has 4 atom stereocenters. The quantitative estimate of drug-likeness (QED) is 0.746. The minimum absolute atomic E-state index is 0.236. The second-order valence-electron chi connectivity index (χ2n) is 5.53. The van der Waals surface area contributed by atoms with Crippen LogP contribution in [0.3, 0.4) is 0 Å². The van der Waals surface area contributed by atoms with Gasteiger partial charge in [-0.25, -0.2) is 0 Å². The molecule has 2 bridgehead atoms. The van der Waals surface area contributed by atoms with Crippen LogP contribution in [0.4, 0.5) is 0 Å². The lowest BCUT2D eigenvalue weighted by Crippen LogP contribution is -2.36. The molecule has 92 valence electrons. The van der Waals surface area contributed by atoms with Gasteiger partial charge < -0.3 is 11.1 Å². The standard InChI is InChI=1S/C13H24N2O/c1-2-11(14)5-6-15-13(16)12-8-9-3-4-10(12)7-9/h9-12H,2-8,14H2,1H3,(H,15,16). The van der Waals surface area contributed by atoms with Crippen LogP contribution < -0.4 is 11.1 Å². The number of nitrogens with one attached hydrogen (secondary N) is 1. The molecular formula is C13H24N2O. The number of fused-ring (bicyclic) bond motifs is 2. The van der Waals surface area contributed by atoms with Crippen LogP contribution in [-0.4, -0.2) is 18.5 Å². The summed E-state index contributed by atoms with van der Waals surface area (Å²) in [7, 11) is 0. The smallest absolute Gasteiger partial charge is 0.223 e. The van der Waals surface area contributed by atoms with Crippen molar-refractivity contribution in [2.75, 3.05) is 6.54 Å². The number of carbonyl (C=O) groups excluding carboxylic acids is 1. The molecule has 2 aliphatic rings. The Morgan fingerprint density at radius 3 is 2.81 bits per heavy atom. The van der Waals surface area contributed by atoms with Crippen molar-refractivity contribution >= 4 is 5.91 Å². The van der Waals surface area contributed by atoms with Gasteiger partial charge in [0.1, 0.15) is 0 Å². The first kappa shape index (κ1) is 11.9. The molecule has 3 N–H and O–H groups in total. The first-order chi connectivity index (χ1) is 7.70. The van der Waals surface area contributed by atoms with Gasteiger partial charge in [-0.05, 0) is 43.9 Å². The lowest BCUT2D eigenvalue weighted by Gasteiger charge is -2.21. The number of rotatable bonds is 5. The minimum Gasteiger partial charge on any atom is -0.356 e. The Morgan fingerprint density at radius 1 is 1.44 bits per heavy atom. The fraction of sp³-hybridized carbons (Fsp3) is 0.923. The maximum Gasteiger partial charge on any atom is 0.223 e. The molecule has 16 heavy (non-hydrogen) atoms. The van der Waals surface area contributed by atoms with Gasteiger partial charge in [-0.1, -0.05) is 13.3 Å². The molecule has 0 radical (unpaired) electrons. The topological polar surface area (TPSA) is 55.1 Å². The summed E-state index contributed by atoms with van der Waals surface area (Å²) in [6.45, 7) is 2.84. The van der Waals surface area contributed by atoms with E-state index >= 15 is 0 Å². The van der Waals surface area contributed by atoms with Crippen LogP contribution in [0.25, 0.3) is 0 Å². The van der Waals surface area contributed by atoms with E-state index in [0.29, 0.717) is 11.8 Å². The Morgan fingerprint density at radius 2 is 2.25 bits per heavy atom. The van der Waals surface area contributed by atoms with Crippen molar-refractivity contribution < 1.29 is 4.79 Å². The summed E-state index contributed by atoms with van der Waals surface area (Å²) in [5, 5.41) is 3.06. The number of carbonyl (C=O) groups is 1. The van der Waals surface area contributed by atoms with E-state index in [-0.39, 0.29) is 11.9 Å². The van der Waals surface area contributed by atoms with Gasteiger partial charge in [0.05, 0.1) is 0 Å². The van der Waals surface area contributed by atoms with Crippen molar-refractivity contribution in [2.24, 2.45) is 23.5 Å². The van der Waals surface area contributed by atoms with Gasteiger partial charge >= 0.3 is 0 Å². The van der Waals surface area contributed by atoms with Gasteiger partial charge in [-0.15, -0.1) is 0 Å². The van der Waals surface area contributed by atoms with Crippen molar-refractivity contribution in [1.29, 1.82) is 0 Å². The SMILES string of the molecule is CCC(N)CCNC(=O)C1CC2CCC1C2. The second-order valence-corrected chi connectivity index (χ2v) is 5.53. The molecule has 3 nitrogen and oxygen atoms in total. The largest absolute Gasteiger partial charge is 0.356 e. The Bertz CT molecular complexity index is 254. The molecule has 0 aromatic carbocycles. The lowest BCUT2D eigenvalue weighted by atomic mass is 9.88. The summed E-state index contributed by atoms with van der Waals surface area (Å²) in [6, 6.07) is 0.236. The predicted octanol–water partition coefficient (Wildman–Crippen LogP) is 1.67. The van der Waals surface area contributed by atoms with Crippen molar-refractivity contribution in [3.63, 3.8) is 0 Å². The zero-order valence-corrected chi connectivity index (χ0v) is 10.2. The molecule has 2 rings (SSSR count). The average Bonchev–Trinajstić information content (AvgIpc) is 2.90. The average molecular weight is 224 g/mol. The van der Waals surface area contributed by atoms with Crippen LogP contribution in [0, 0.1) is 17.8 Å². The predicted molar refractivity (Wildman–Crippen MR) is 64.8 cm³/mol. The summed E-state index contributed by atoms with van der Waals surface area (Å²) in [5.41, 5.74) is 5.82. The summed E-state index contributed by atoms with van der Waals surface area (Å²) in [5.74, 6) is 2.13. The molecule has 0 saturated heterocycles.